The lowest BCUT2D eigenvalue weighted by atomic mass is 10.5. The first-order chi connectivity index (χ1) is 5.38. The summed E-state index contributed by atoms with van der Waals surface area (Å²) in [5.74, 6) is 1.03. The lowest BCUT2D eigenvalue weighted by Gasteiger charge is -1.98. The third-order valence-electron chi connectivity index (χ3n) is 1.61. The number of hydrogen-bond acceptors (Lipinski definition) is 2. The van der Waals surface area contributed by atoms with Gasteiger partial charge in [-0.05, 0) is 18.4 Å². The van der Waals surface area contributed by atoms with E-state index in [1.54, 1.807) is 11.3 Å². The van der Waals surface area contributed by atoms with Crippen LogP contribution >= 0.6 is 11.3 Å². The van der Waals surface area contributed by atoms with Crippen molar-refractivity contribution in [3.05, 3.63) is 35.0 Å². The predicted octanol–water partition coefficient (Wildman–Crippen LogP) is 2.24. The number of rotatable bonds is 1. The molecule has 0 spiro atoms. The quantitative estimate of drug-likeness (QED) is 0.632. The number of nitrogens with zero attached hydrogens (tertiary/aromatic N) is 2. The fourth-order valence-electron chi connectivity index (χ4n) is 1.05. The summed E-state index contributed by atoms with van der Waals surface area (Å²) < 4.78 is 2.07. The van der Waals surface area contributed by atoms with E-state index in [4.69, 9.17) is 0 Å². The molecule has 2 aromatic rings. The molecule has 2 aromatic heterocycles. The molecule has 11 heavy (non-hydrogen) atoms. The summed E-state index contributed by atoms with van der Waals surface area (Å²) in [6, 6.07) is 2.08. The highest BCUT2D eigenvalue weighted by molar-refractivity contribution is 7.08. The molecule has 0 saturated heterocycles. The first kappa shape index (κ1) is 6.61. The minimum Gasteiger partial charge on any atom is -0.303 e. The number of aromatic nitrogens is 2. The van der Waals surface area contributed by atoms with Crippen molar-refractivity contribution >= 4 is 11.3 Å². The number of hydrogen-bond donors (Lipinski definition) is 0. The zero-order valence-electron chi connectivity index (χ0n) is 6.19. The van der Waals surface area contributed by atoms with Crippen molar-refractivity contribution in [2.45, 2.75) is 6.92 Å². The smallest absolute Gasteiger partial charge is 0.110 e. The average molecular weight is 164 g/mol. The second-order valence-electron chi connectivity index (χ2n) is 2.33. The van der Waals surface area contributed by atoms with Gasteiger partial charge in [-0.15, -0.1) is 0 Å². The third-order valence-corrected chi connectivity index (χ3v) is 2.28. The Morgan fingerprint density at radius 1 is 1.55 bits per heavy atom. The lowest BCUT2D eigenvalue weighted by Crippen LogP contribution is -1.91. The van der Waals surface area contributed by atoms with Gasteiger partial charge in [-0.1, -0.05) is 0 Å². The Labute approximate surface area is 69.1 Å². The molecule has 3 heteroatoms. The van der Waals surface area contributed by atoms with E-state index in [0.717, 1.165) is 5.82 Å². The largest absolute Gasteiger partial charge is 0.303 e. The summed E-state index contributed by atoms with van der Waals surface area (Å²) in [4.78, 5) is 4.14. The SMILES string of the molecule is Cc1nccn1-c1ccsc1. The molecule has 56 valence electrons. The maximum absolute atomic E-state index is 4.14. The predicted molar refractivity (Wildman–Crippen MR) is 46.2 cm³/mol. The fourth-order valence-corrected chi connectivity index (χ4v) is 1.67. The van der Waals surface area contributed by atoms with Gasteiger partial charge >= 0.3 is 0 Å². The number of imidazole rings is 1. The van der Waals surface area contributed by atoms with E-state index in [1.165, 1.54) is 5.69 Å². The first-order valence-electron chi connectivity index (χ1n) is 3.40. The second-order valence-corrected chi connectivity index (χ2v) is 3.11. The summed E-state index contributed by atoms with van der Waals surface area (Å²) >= 11 is 1.70. The van der Waals surface area contributed by atoms with Crippen LogP contribution in [0.25, 0.3) is 5.69 Å². The Bertz CT molecular complexity index is 335. The molecule has 0 aliphatic carbocycles. The van der Waals surface area contributed by atoms with E-state index in [2.05, 4.69) is 26.4 Å². The van der Waals surface area contributed by atoms with Gasteiger partial charge < -0.3 is 4.57 Å². The van der Waals surface area contributed by atoms with Crippen LogP contribution in [-0.4, -0.2) is 9.55 Å². The van der Waals surface area contributed by atoms with Crippen molar-refractivity contribution in [1.29, 1.82) is 0 Å². The molecule has 0 aliphatic heterocycles. The van der Waals surface area contributed by atoms with E-state index in [-0.39, 0.29) is 0 Å². The Morgan fingerprint density at radius 3 is 3.00 bits per heavy atom. The topological polar surface area (TPSA) is 17.8 Å². The molecular weight excluding hydrogens is 156 g/mol. The van der Waals surface area contributed by atoms with Crippen LogP contribution in [0.5, 0.6) is 0 Å². The average Bonchev–Trinajstić information content (AvgIpc) is 2.55. The summed E-state index contributed by atoms with van der Waals surface area (Å²) in [6.07, 6.45) is 3.78. The Morgan fingerprint density at radius 2 is 2.45 bits per heavy atom. The molecule has 2 nitrogen and oxygen atoms in total. The zero-order chi connectivity index (χ0) is 7.68. The second kappa shape index (κ2) is 2.51. The molecule has 0 aliphatic rings. The van der Waals surface area contributed by atoms with Gasteiger partial charge in [-0.2, -0.15) is 11.3 Å². The Balaban J connectivity index is 2.53. The Hall–Kier alpha value is -1.09. The zero-order valence-corrected chi connectivity index (χ0v) is 7.01. The summed E-state index contributed by atoms with van der Waals surface area (Å²) in [5, 5.41) is 4.17. The Kier molecular flexibility index (Phi) is 1.51. The number of thiophene rings is 1. The van der Waals surface area contributed by atoms with Crippen molar-refractivity contribution in [1.82, 2.24) is 9.55 Å². The molecule has 0 saturated carbocycles. The van der Waals surface area contributed by atoms with Crippen LogP contribution in [0.15, 0.2) is 29.2 Å². The highest BCUT2D eigenvalue weighted by atomic mass is 32.1. The van der Waals surface area contributed by atoms with E-state index in [9.17, 15) is 0 Å². The normalized spacial score (nSPS) is 10.3. The van der Waals surface area contributed by atoms with Crippen LogP contribution in [0.2, 0.25) is 0 Å². The van der Waals surface area contributed by atoms with Crippen LogP contribution in [0, 0.1) is 6.92 Å². The molecule has 0 bridgehead atoms. The monoisotopic (exact) mass is 164 g/mol. The standard InChI is InChI=1S/C8H8N2S/c1-7-9-3-4-10(7)8-2-5-11-6-8/h2-6H,1H3. The maximum atomic E-state index is 4.14. The van der Waals surface area contributed by atoms with Gasteiger partial charge in [0.15, 0.2) is 0 Å². The van der Waals surface area contributed by atoms with Crippen molar-refractivity contribution in [2.24, 2.45) is 0 Å². The van der Waals surface area contributed by atoms with Crippen LogP contribution in [-0.2, 0) is 0 Å². The summed E-state index contributed by atoms with van der Waals surface area (Å²) in [5.41, 5.74) is 1.20. The molecular formula is C8H8N2S. The maximum Gasteiger partial charge on any atom is 0.110 e. The van der Waals surface area contributed by atoms with Crippen molar-refractivity contribution in [3.63, 3.8) is 0 Å². The summed E-state index contributed by atoms with van der Waals surface area (Å²) in [7, 11) is 0. The fraction of sp³-hybridized carbons (Fsp3) is 0.125. The third kappa shape index (κ3) is 1.07. The molecule has 0 radical (unpaired) electrons. The summed E-state index contributed by atoms with van der Waals surface area (Å²) in [6.45, 7) is 2.00. The molecule has 0 fully saturated rings. The molecule has 0 atom stereocenters. The van der Waals surface area contributed by atoms with Crippen molar-refractivity contribution in [3.8, 4) is 5.69 Å². The molecule has 2 rings (SSSR count). The van der Waals surface area contributed by atoms with Gasteiger partial charge in [0.2, 0.25) is 0 Å². The van der Waals surface area contributed by atoms with E-state index < -0.39 is 0 Å². The van der Waals surface area contributed by atoms with Crippen molar-refractivity contribution in [2.75, 3.05) is 0 Å². The molecule has 2 heterocycles. The van der Waals surface area contributed by atoms with Crippen LogP contribution in [0.1, 0.15) is 5.82 Å². The van der Waals surface area contributed by atoms with E-state index in [0.29, 0.717) is 0 Å². The highest BCUT2D eigenvalue weighted by Gasteiger charge is 1.98. The lowest BCUT2D eigenvalue weighted by molar-refractivity contribution is 0.980. The van der Waals surface area contributed by atoms with Gasteiger partial charge in [0.1, 0.15) is 5.82 Å². The first-order valence-corrected chi connectivity index (χ1v) is 4.35. The van der Waals surface area contributed by atoms with Crippen molar-refractivity contribution < 1.29 is 0 Å². The molecule has 0 N–H and O–H groups in total. The highest BCUT2D eigenvalue weighted by Crippen LogP contribution is 2.13. The minimum atomic E-state index is 1.03. The molecule has 0 aromatic carbocycles. The van der Waals surface area contributed by atoms with Gasteiger partial charge in [-0.25, -0.2) is 4.98 Å². The van der Waals surface area contributed by atoms with Gasteiger partial charge in [-0.3, -0.25) is 0 Å². The van der Waals surface area contributed by atoms with E-state index >= 15 is 0 Å². The van der Waals surface area contributed by atoms with Gasteiger partial charge in [0, 0.05) is 17.8 Å². The van der Waals surface area contributed by atoms with Gasteiger partial charge in [0.25, 0.3) is 0 Å². The number of aryl methyl sites for hydroxylation is 1. The van der Waals surface area contributed by atoms with E-state index in [1.807, 2.05) is 19.3 Å². The molecule has 0 amide bonds. The molecule has 0 unspecified atom stereocenters. The van der Waals surface area contributed by atoms with Gasteiger partial charge in [0.05, 0.1) is 5.69 Å². The van der Waals surface area contributed by atoms with Crippen LogP contribution in [0.4, 0.5) is 0 Å². The van der Waals surface area contributed by atoms with Crippen LogP contribution < -0.4 is 0 Å². The minimum absolute atomic E-state index is 1.03. The van der Waals surface area contributed by atoms with Crippen LogP contribution in [0.3, 0.4) is 0 Å².